The van der Waals surface area contributed by atoms with Gasteiger partial charge in [-0.15, -0.1) is 0 Å². The van der Waals surface area contributed by atoms with E-state index in [0.717, 1.165) is 38.0 Å². The molecule has 1 aromatic heterocycles. The van der Waals surface area contributed by atoms with Crippen LogP contribution >= 0.6 is 0 Å². The van der Waals surface area contributed by atoms with Crippen LogP contribution < -0.4 is 10.6 Å². The molecule has 0 aliphatic carbocycles. The molecule has 6 nitrogen and oxygen atoms in total. The molecule has 132 valence electrons. The number of hydrogen-bond donors (Lipinski definition) is 2. The molecule has 1 aliphatic rings. The minimum absolute atomic E-state index is 0.0491. The van der Waals surface area contributed by atoms with E-state index in [2.05, 4.69) is 29.5 Å². The van der Waals surface area contributed by atoms with Crippen molar-refractivity contribution in [3.05, 3.63) is 24.5 Å². The van der Waals surface area contributed by atoms with Crippen LogP contribution in [0.5, 0.6) is 0 Å². The van der Waals surface area contributed by atoms with Crippen molar-refractivity contribution in [3.63, 3.8) is 0 Å². The molecule has 1 unspecified atom stereocenters. The second kappa shape index (κ2) is 9.25. The smallest absolute Gasteiger partial charge is 0.239 e. The highest BCUT2D eigenvalue weighted by Crippen LogP contribution is 2.14. The topological polar surface area (TPSA) is 74.3 Å². The van der Waals surface area contributed by atoms with Crippen LogP contribution in [0.25, 0.3) is 0 Å². The fraction of sp³-hybridized carbons (Fsp3) is 0.611. The van der Waals surface area contributed by atoms with Gasteiger partial charge in [-0.2, -0.15) is 0 Å². The maximum absolute atomic E-state index is 12.2. The number of likely N-dealkylation sites (tertiary alicyclic amines) is 1. The summed E-state index contributed by atoms with van der Waals surface area (Å²) >= 11 is 0. The Bertz CT molecular complexity index is 533. The summed E-state index contributed by atoms with van der Waals surface area (Å²) in [6.07, 6.45) is 6.46. The summed E-state index contributed by atoms with van der Waals surface area (Å²) < 4.78 is 0. The second-order valence-electron chi connectivity index (χ2n) is 6.75. The number of carbonyl (C=O) groups excluding carboxylic acids is 2. The Morgan fingerprint density at radius 1 is 1.42 bits per heavy atom. The molecule has 0 bridgehead atoms. The van der Waals surface area contributed by atoms with Crippen molar-refractivity contribution in [2.45, 2.75) is 45.6 Å². The van der Waals surface area contributed by atoms with Crippen LogP contribution in [0.4, 0.5) is 5.69 Å². The van der Waals surface area contributed by atoms with Crippen molar-refractivity contribution in [2.75, 3.05) is 25.0 Å². The van der Waals surface area contributed by atoms with Gasteiger partial charge in [-0.25, -0.2) is 0 Å². The summed E-state index contributed by atoms with van der Waals surface area (Å²) in [6.45, 7) is 6.10. The van der Waals surface area contributed by atoms with Gasteiger partial charge in [-0.1, -0.05) is 13.8 Å². The van der Waals surface area contributed by atoms with Gasteiger partial charge < -0.3 is 15.5 Å². The van der Waals surface area contributed by atoms with Gasteiger partial charge in [0, 0.05) is 37.9 Å². The molecule has 1 fully saturated rings. The Morgan fingerprint density at radius 2 is 2.25 bits per heavy atom. The number of aromatic nitrogens is 1. The normalized spacial score (nSPS) is 18.4. The molecule has 0 saturated carbocycles. The number of nitrogens with zero attached hydrogens (tertiary/aromatic N) is 2. The molecule has 0 radical (unpaired) electrons. The molecule has 0 spiro atoms. The fourth-order valence-electron chi connectivity index (χ4n) is 2.76. The number of carbonyl (C=O) groups is 2. The summed E-state index contributed by atoms with van der Waals surface area (Å²) in [4.78, 5) is 30.2. The maximum atomic E-state index is 12.2. The van der Waals surface area contributed by atoms with E-state index in [4.69, 9.17) is 0 Å². The van der Waals surface area contributed by atoms with Crippen LogP contribution in [0.1, 0.15) is 39.5 Å². The molecule has 6 heteroatoms. The standard InChI is InChI=1S/C18H28N4O2/c1-14(2)7-10-22-11-8-15(5-6-18(22)24)21-17(23)13-20-16-4-3-9-19-12-16/h3-4,9,12,14-15,20H,5-8,10-11,13H2,1-2H3,(H,21,23). The van der Waals surface area contributed by atoms with Gasteiger partial charge in [-0.3, -0.25) is 14.6 Å². The highest BCUT2D eigenvalue weighted by atomic mass is 16.2. The molecule has 0 aromatic carbocycles. The molecule has 2 amide bonds. The summed E-state index contributed by atoms with van der Waals surface area (Å²) in [6, 6.07) is 3.77. The molecule has 1 saturated heterocycles. The third-order valence-corrected chi connectivity index (χ3v) is 4.26. The van der Waals surface area contributed by atoms with E-state index in [1.807, 2.05) is 17.0 Å². The van der Waals surface area contributed by atoms with Crippen LogP contribution in [0, 0.1) is 5.92 Å². The van der Waals surface area contributed by atoms with E-state index in [9.17, 15) is 9.59 Å². The predicted molar refractivity (Wildman–Crippen MR) is 94.5 cm³/mol. The van der Waals surface area contributed by atoms with E-state index >= 15 is 0 Å². The lowest BCUT2D eigenvalue weighted by molar-refractivity contribution is -0.130. The van der Waals surface area contributed by atoms with E-state index in [-0.39, 0.29) is 24.4 Å². The zero-order valence-electron chi connectivity index (χ0n) is 14.6. The first-order chi connectivity index (χ1) is 11.5. The number of pyridine rings is 1. The van der Waals surface area contributed by atoms with Crippen LogP contribution in [0.15, 0.2) is 24.5 Å². The van der Waals surface area contributed by atoms with Gasteiger partial charge >= 0.3 is 0 Å². The van der Waals surface area contributed by atoms with Crippen molar-refractivity contribution in [1.29, 1.82) is 0 Å². The molecule has 1 aliphatic heterocycles. The Kier molecular flexibility index (Phi) is 7.03. The minimum atomic E-state index is -0.0491. The summed E-state index contributed by atoms with van der Waals surface area (Å²) in [5.41, 5.74) is 0.823. The lowest BCUT2D eigenvalue weighted by Crippen LogP contribution is -2.39. The average Bonchev–Trinajstić information content (AvgIpc) is 2.74. The minimum Gasteiger partial charge on any atom is -0.375 e. The second-order valence-corrected chi connectivity index (χ2v) is 6.75. The van der Waals surface area contributed by atoms with E-state index < -0.39 is 0 Å². The van der Waals surface area contributed by atoms with Gasteiger partial charge in [0.1, 0.15) is 0 Å². The highest BCUT2D eigenvalue weighted by Gasteiger charge is 2.23. The molecule has 1 aromatic rings. The Balaban J connectivity index is 1.74. The first kappa shape index (κ1) is 18.2. The first-order valence-electron chi connectivity index (χ1n) is 8.75. The third-order valence-electron chi connectivity index (χ3n) is 4.26. The molecule has 2 rings (SSSR count). The Labute approximate surface area is 144 Å². The predicted octanol–water partition coefficient (Wildman–Crippen LogP) is 2.04. The van der Waals surface area contributed by atoms with Crippen molar-refractivity contribution in [3.8, 4) is 0 Å². The fourth-order valence-corrected chi connectivity index (χ4v) is 2.76. The molecule has 24 heavy (non-hydrogen) atoms. The number of anilines is 1. The maximum Gasteiger partial charge on any atom is 0.239 e. The Hall–Kier alpha value is -2.11. The van der Waals surface area contributed by atoms with Gasteiger partial charge in [0.15, 0.2) is 0 Å². The first-order valence-corrected chi connectivity index (χ1v) is 8.75. The number of hydrogen-bond acceptors (Lipinski definition) is 4. The van der Waals surface area contributed by atoms with Crippen LogP contribution in [-0.2, 0) is 9.59 Å². The van der Waals surface area contributed by atoms with Crippen molar-refractivity contribution in [2.24, 2.45) is 5.92 Å². The quantitative estimate of drug-likeness (QED) is 0.801. The Morgan fingerprint density at radius 3 is 2.96 bits per heavy atom. The van der Waals surface area contributed by atoms with E-state index in [1.54, 1.807) is 12.4 Å². The van der Waals surface area contributed by atoms with Gasteiger partial charge in [0.25, 0.3) is 0 Å². The van der Waals surface area contributed by atoms with Gasteiger partial charge in [0.2, 0.25) is 11.8 Å². The average molecular weight is 332 g/mol. The molecule has 1 atom stereocenters. The van der Waals surface area contributed by atoms with Crippen LogP contribution in [0.3, 0.4) is 0 Å². The third kappa shape index (κ3) is 6.18. The summed E-state index contributed by atoms with van der Waals surface area (Å²) in [5.74, 6) is 0.753. The monoisotopic (exact) mass is 332 g/mol. The lowest BCUT2D eigenvalue weighted by Gasteiger charge is -2.22. The SMILES string of the molecule is CC(C)CCN1CCC(NC(=O)CNc2cccnc2)CCC1=O. The van der Waals surface area contributed by atoms with Gasteiger partial charge in [0.05, 0.1) is 12.2 Å². The van der Waals surface area contributed by atoms with Crippen molar-refractivity contribution in [1.82, 2.24) is 15.2 Å². The van der Waals surface area contributed by atoms with Crippen molar-refractivity contribution < 1.29 is 9.59 Å². The number of amides is 2. The number of rotatable bonds is 7. The largest absolute Gasteiger partial charge is 0.375 e. The summed E-state index contributed by atoms with van der Waals surface area (Å²) in [5, 5.41) is 6.08. The highest BCUT2D eigenvalue weighted by molar-refractivity contribution is 5.81. The van der Waals surface area contributed by atoms with Crippen molar-refractivity contribution >= 4 is 17.5 Å². The summed E-state index contributed by atoms with van der Waals surface area (Å²) in [7, 11) is 0. The molecular formula is C18H28N4O2. The number of nitrogens with one attached hydrogen (secondary N) is 2. The lowest BCUT2D eigenvalue weighted by atomic mass is 10.1. The molecule has 2 heterocycles. The van der Waals surface area contributed by atoms with Crippen LogP contribution in [0.2, 0.25) is 0 Å². The van der Waals surface area contributed by atoms with Gasteiger partial charge in [-0.05, 0) is 37.3 Å². The molecular weight excluding hydrogens is 304 g/mol. The zero-order valence-corrected chi connectivity index (χ0v) is 14.6. The zero-order chi connectivity index (χ0) is 17.4. The van der Waals surface area contributed by atoms with E-state index in [0.29, 0.717) is 12.3 Å². The van der Waals surface area contributed by atoms with Crippen LogP contribution in [-0.4, -0.2) is 47.4 Å². The van der Waals surface area contributed by atoms with E-state index in [1.165, 1.54) is 0 Å². The molecule has 2 N–H and O–H groups in total.